The van der Waals surface area contributed by atoms with Crippen LogP contribution in [0.4, 0.5) is 0 Å². The number of carbonyl (C=O) groups is 1. The molecule has 3 rings (SSSR count). The Bertz CT molecular complexity index is 470. The number of nitrogens with one attached hydrogen (secondary N) is 1. The zero-order chi connectivity index (χ0) is 14.7. The van der Waals surface area contributed by atoms with E-state index in [2.05, 4.69) is 29.4 Å². The molecule has 4 heteroatoms. The van der Waals surface area contributed by atoms with Crippen LogP contribution >= 0.6 is 0 Å². The lowest BCUT2D eigenvalue weighted by Crippen LogP contribution is -2.50. The van der Waals surface area contributed by atoms with Crippen LogP contribution in [0, 0.1) is 0 Å². The van der Waals surface area contributed by atoms with E-state index >= 15 is 0 Å². The summed E-state index contributed by atoms with van der Waals surface area (Å²) >= 11 is 0. The summed E-state index contributed by atoms with van der Waals surface area (Å²) in [5.41, 5.74) is 1.17. The molecule has 1 aromatic carbocycles. The molecule has 0 radical (unpaired) electrons. The van der Waals surface area contributed by atoms with Crippen molar-refractivity contribution >= 4 is 5.91 Å². The van der Waals surface area contributed by atoms with Gasteiger partial charge in [-0.2, -0.15) is 0 Å². The molecular weight excluding hydrogens is 262 g/mol. The number of piperazine rings is 1. The van der Waals surface area contributed by atoms with E-state index in [1.807, 2.05) is 23.1 Å². The molecule has 0 saturated carbocycles. The Balaban J connectivity index is 1.86. The summed E-state index contributed by atoms with van der Waals surface area (Å²) in [5, 5.41) is 3.32. The third-order valence-corrected chi connectivity index (χ3v) is 4.82. The summed E-state index contributed by atoms with van der Waals surface area (Å²) in [6.07, 6.45) is 2.31. The van der Waals surface area contributed by atoms with E-state index in [0.717, 1.165) is 39.1 Å². The van der Waals surface area contributed by atoms with Gasteiger partial charge >= 0.3 is 0 Å². The number of hydrogen-bond acceptors (Lipinski definition) is 3. The molecule has 1 aromatic rings. The maximum Gasteiger partial charge on any atom is 0.231 e. The fraction of sp³-hybridized carbons (Fsp3) is 0.588. The number of likely N-dealkylation sites (tertiary alicyclic amines) is 1. The van der Waals surface area contributed by atoms with Crippen LogP contribution in [0.15, 0.2) is 30.3 Å². The average Bonchev–Trinajstić information content (AvgIpc) is 2.95. The van der Waals surface area contributed by atoms with Crippen LogP contribution in [0.2, 0.25) is 0 Å². The molecule has 2 atom stereocenters. The third kappa shape index (κ3) is 3.11. The van der Waals surface area contributed by atoms with E-state index in [9.17, 15) is 4.79 Å². The van der Waals surface area contributed by atoms with Crippen LogP contribution in [0.25, 0.3) is 0 Å². The van der Waals surface area contributed by atoms with Gasteiger partial charge in [-0.1, -0.05) is 30.3 Å². The van der Waals surface area contributed by atoms with E-state index in [-0.39, 0.29) is 5.92 Å². The highest BCUT2D eigenvalue weighted by Gasteiger charge is 2.37. The van der Waals surface area contributed by atoms with Crippen molar-refractivity contribution in [2.45, 2.75) is 24.8 Å². The number of hydrogen-bond donors (Lipinski definition) is 1. The monoisotopic (exact) mass is 287 g/mol. The van der Waals surface area contributed by atoms with Crippen molar-refractivity contribution in [1.29, 1.82) is 0 Å². The van der Waals surface area contributed by atoms with Gasteiger partial charge in [-0.05, 0) is 32.0 Å². The van der Waals surface area contributed by atoms with Crippen LogP contribution in [0.1, 0.15) is 24.3 Å². The SMILES string of the molecule is CN1CCCC1C(C(=O)N1CCNCC1)c1ccccc1. The van der Waals surface area contributed by atoms with E-state index in [1.165, 1.54) is 12.0 Å². The van der Waals surface area contributed by atoms with Crippen LogP contribution in [0.5, 0.6) is 0 Å². The Labute approximate surface area is 127 Å². The van der Waals surface area contributed by atoms with Crippen LogP contribution in [0.3, 0.4) is 0 Å². The summed E-state index contributed by atoms with van der Waals surface area (Å²) in [6.45, 7) is 4.58. The highest BCUT2D eigenvalue weighted by Crippen LogP contribution is 2.32. The van der Waals surface area contributed by atoms with Crippen molar-refractivity contribution in [2.75, 3.05) is 39.8 Å². The Morgan fingerprint density at radius 3 is 2.52 bits per heavy atom. The van der Waals surface area contributed by atoms with Crippen molar-refractivity contribution in [3.8, 4) is 0 Å². The average molecular weight is 287 g/mol. The zero-order valence-corrected chi connectivity index (χ0v) is 12.8. The largest absolute Gasteiger partial charge is 0.340 e. The first-order valence-corrected chi connectivity index (χ1v) is 8.02. The maximum absolute atomic E-state index is 13.1. The van der Waals surface area contributed by atoms with Gasteiger partial charge in [0.1, 0.15) is 0 Å². The number of nitrogens with zero attached hydrogens (tertiary/aromatic N) is 2. The van der Waals surface area contributed by atoms with Crippen molar-refractivity contribution in [3.05, 3.63) is 35.9 Å². The minimum absolute atomic E-state index is 0.0169. The molecule has 2 aliphatic rings. The topological polar surface area (TPSA) is 35.6 Å². The fourth-order valence-electron chi connectivity index (χ4n) is 3.63. The molecule has 0 bridgehead atoms. The minimum atomic E-state index is -0.0169. The second kappa shape index (κ2) is 6.58. The normalized spacial score (nSPS) is 25.0. The molecule has 2 heterocycles. The van der Waals surface area contributed by atoms with Gasteiger partial charge in [0.25, 0.3) is 0 Å². The molecule has 0 spiro atoms. The molecular formula is C17H25N3O. The van der Waals surface area contributed by atoms with Crippen LogP contribution in [-0.4, -0.2) is 61.5 Å². The molecule has 114 valence electrons. The van der Waals surface area contributed by atoms with Crippen LogP contribution < -0.4 is 5.32 Å². The smallest absolute Gasteiger partial charge is 0.231 e. The highest BCUT2D eigenvalue weighted by atomic mass is 16.2. The quantitative estimate of drug-likeness (QED) is 0.910. The van der Waals surface area contributed by atoms with Gasteiger partial charge in [0.15, 0.2) is 0 Å². The summed E-state index contributed by atoms with van der Waals surface area (Å²) in [6, 6.07) is 10.7. The van der Waals surface area contributed by atoms with E-state index in [1.54, 1.807) is 0 Å². The second-order valence-corrected chi connectivity index (χ2v) is 6.15. The zero-order valence-electron chi connectivity index (χ0n) is 12.8. The third-order valence-electron chi connectivity index (χ3n) is 4.82. The summed E-state index contributed by atoms with van der Waals surface area (Å²) in [5.74, 6) is 0.290. The van der Waals surface area contributed by atoms with Gasteiger partial charge in [0.2, 0.25) is 5.91 Å². The Morgan fingerprint density at radius 2 is 1.90 bits per heavy atom. The Kier molecular flexibility index (Phi) is 4.56. The van der Waals surface area contributed by atoms with Crippen molar-refractivity contribution in [3.63, 3.8) is 0 Å². The standard InChI is InChI=1S/C17H25N3O/c1-19-11-5-8-15(19)16(14-6-3-2-4-7-14)17(21)20-12-9-18-10-13-20/h2-4,6-7,15-16,18H,5,8-13H2,1H3. The predicted molar refractivity (Wildman–Crippen MR) is 84.3 cm³/mol. The summed E-state index contributed by atoms with van der Waals surface area (Å²) in [7, 11) is 2.15. The van der Waals surface area contributed by atoms with Gasteiger partial charge in [-0.25, -0.2) is 0 Å². The first kappa shape index (κ1) is 14.5. The summed E-state index contributed by atoms with van der Waals surface area (Å²) in [4.78, 5) is 17.5. The summed E-state index contributed by atoms with van der Waals surface area (Å²) < 4.78 is 0. The highest BCUT2D eigenvalue weighted by molar-refractivity contribution is 5.84. The minimum Gasteiger partial charge on any atom is -0.340 e. The van der Waals surface area contributed by atoms with E-state index in [0.29, 0.717) is 11.9 Å². The molecule has 2 unspecified atom stereocenters. The molecule has 2 aliphatic heterocycles. The Hall–Kier alpha value is -1.39. The van der Waals surface area contributed by atoms with Crippen LogP contribution in [-0.2, 0) is 4.79 Å². The Morgan fingerprint density at radius 1 is 1.19 bits per heavy atom. The molecule has 21 heavy (non-hydrogen) atoms. The molecule has 2 saturated heterocycles. The van der Waals surface area contributed by atoms with Crippen molar-refractivity contribution in [1.82, 2.24) is 15.1 Å². The lowest BCUT2D eigenvalue weighted by molar-refractivity contribution is -0.134. The first-order valence-electron chi connectivity index (χ1n) is 8.02. The lowest BCUT2D eigenvalue weighted by atomic mass is 9.88. The lowest BCUT2D eigenvalue weighted by Gasteiger charge is -2.35. The molecule has 2 fully saturated rings. The maximum atomic E-state index is 13.1. The molecule has 0 aromatic heterocycles. The molecule has 0 aliphatic carbocycles. The number of likely N-dealkylation sites (N-methyl/N-ethyl adjacent to an activating group) is 1. The number of carbonyl (C=O) groups excluding carboxylic acids is 1. The number of rotatable bonds is 3. The van der Waals surface area contributed by atoms with Gasteiger partial charge in [0.05, 0.1) is 5.92 Å². The fourth-order valence-corrected chi connectivity index (χ4v) is 3.63. The number of benzene rings is 1. The molecule has 1 amide bonds. The van der Waals surface area contributed by atoms with Gasteiger partial charge < -0.3 is 15.1 Å². The number of amides is 1. The van der Waals surface area contributed by atoms with Gasteiger partial charge in [-0.15, -0.1) is 0 Å². The second-order valence-electron chi connectivity index (χ2n) is 6.15. The van der Waals surface area contributed by atoms with Crippen molar-refractivity contribution < 1.29 is 4.79 Å². The van der Waals surface area contributed by atoms with Crippen molar-refractivity contribution in [2.24, 2.45) is 0 Å². The molecule has 4 nitrogen and oxygen atoms in total. The van der Waals surface area contributed by atoms with Gasteiger partial charge in [0, 0.05) is 32.2 Å². The van der Waals surface area contributed by atoms with E-state index < -0.39 is 0 Å². The first-order chi connectivity index (χ1) is 10.3. The van der Waals surface area contributed by atoms with E-state index in [4.69, 9.17) is 0 Å². The predicted octanol–water partition coefficient (Wildman–Crippen LogP) is 1.30. The van der Waals surface area contributed by atoms with Gasteiger partial charge in [-0.3, -0.25) is 4.79 Å². The molecule has 1 N–H and O–H groups in total.